The Morgan fingerprint density at radius 3 is 2.79 bits per heavy atom. The van der Waals surface area contributed by atoms with Crippen LogP contribution in [0.5, 0.6) is 0 Å². The molecule has 2 aliphatic heterocycles. The Hall–Kier alpha value is -0.200. The fraction of sp³-hybridized carbons (Fsp3) is 1.00. The number of hydrogen-bond acceptors (Lipinski definition) is 5. The van der Waals surface area contributed by atoms with Crippen LogP contribution < -0.4 is 0 Å². The molecule has 1 unspecified atom stereocenters. The molecule has 2 fully saturated rings. The number of ether oxygens (including phenoxy) is 3. The van der Waals surface area contributed by atoms with E-state index in [-0.39, 0.29) is 12.7 Å². The lowest BCUT2D eigenvalue weighted by atomic mass is 10.1. The summed E-state index contributed by atoms with van der Waals surface area (Å²) in [6.07, 6.45) is -1.98. The van der Waals surface area contributed by atoms with Crippen molar-refractivity contribution in [3.05, 3.63) is 0 Å². The Bertz CT molecular complexity index is 215. The van der Waals surface area contributed by atoms with Crippen molar-refractivity contribution in [2.24, 2.45) is 0 Å². The van der Waals surface area contributed by atoms with Crippen LogP contribution in [0.1, 0.15) is 13.8 Å². The predicted octanol–water partition coefficient (Wildman–Crippen LogP) is -0.742. The first-order valence-electron chi connectivity index (χ1n) is 4.79. The Balaban J connectivity index is 2.07. The highest BCUT2D eigenvalue weighted by molar-refractivity contribution is 4.94. The monoisotopic (exact) mass is 204 g/mol. The second-order valence-electron chi connectivity index (χ2n) is 4.18. The van der Waals surface area contributed by atoms with E-state index in [0.29, 0.717) is 6.61 Å². The van der Waals surface area contributed by atoms with Gasteiger partial charge < -0.3 is 24.4 Å². The first-order valence-corrected chi connectivity index (χ1v) is 4.79. The maximum atomic E-state index is 9.75. The molecule has 2 rings (SSSR count). The van der Waals surface area contributed by atoms with Gasteiger partial charge >= 0.3 is 0 Å². The van der Waals surface area contributed by atoms with Crippen LogP contribution in [0.4, 0.5) is 0 Å². The van der Waals surface area contributed by atoms with Crippen molar-refractivity contribution in [3.8, 4) is 0 Å². The summed E-state index contributed by atoms with van der Waals surface area (Å²) in [6, 6.07) is 0. The van der Waals surface area contributed by atoms with Crippen LogP contribution >= 0.6 is 0 Å². The average molecular weight is 204 g/mol. The molecule has 2 heterocycles. The molecule has 5 heteroatoms. The van der Waals surface area contributed by atoms with Gasteiger partial charge in [-0.05, 0) is 13.8 Å². The fourth-order valence-corrected chi connectivity index (χ4v) is 1.89. The zero-order valence-corrected chi connectivity index (χ0v) is 8.34. The second kappa shape index (κ2) is 3.43. The summed E-state index contributed by atoms with van der Waals surface area (Å²) >= 11 is 0. The summed E-state index contributed by atoms with van der Waals surface area (Å²) in [4.78, 5) is 0. The molecule has 0 radical (unpaired) electrons. The summed E-state index contributed by atoms with van der Waals surface area (Å²) in [7, 11) is 0. The molecule has 0 aromatic rings. The van der Waals surface area contributed by atoms with Crippen molar-refractivity contribution >= 4 is 0 Å². The molecule has 5 nitrogen and oxygen atoms in total. The molecule has 0 amide bonds. The molecule has 2 saturated heterocycles. The van der Waals surface area contributed by atoms with Crippen molar-refractivity contribution in [2.75, 3.05) is 13.2 Å². The van der Waals surface area contributed by atoms with Crippen LogP contribution in [0.3, 0.4) is 0 Å². The molecule has 0 bridgehead atoms. The second-order valence-corrected chi connectivity index (χ2v) is 4.18. The Morgan fingerprint density at radius 1 is 1.43 bits per heavy atom. The van der Waals surface area contributed by atoms with Gasteiger partial charge in [-0.3, -0.25) is 0 Å². The van der Waals surface area contributed by atoms with E-state index in [0.717, 1.165) is 0 Å². The van der Waals surface area contributed by atoms with Gasteiger partial charge in [-0.15, -0.1) is 0 Å². The van der Waals surface area contributed by atoms with Crippen LogP contribution in [0.2, 0.25) is 0 Å². The smallest absolute Gasteiger partial charge is 0.163 e. The third-order valence-corrected chi connectivity index (χ3v) is 2.63. The first-order chi connectivity index (χ1) is 6.53. The van der Waals surface area contributed by atoms with Crippen LogP contribution in [0.25, 0.3) is 0 Å². The van der Waals surface area contributed by atoms with Crippen LogP contribution in [0.15, 0.2) is 0 Å². The maximum Gasteiger partial charge on any atom is 0.163 e. The van der Waals surface area contributed by atoms with Crippen LogP contribution in [0, 0.1) is 0 Å². The molecule has 0 spiro atoms. The summed E-state index contributed by atoms with van der Waals surface area (Å²) < 4.78 is 16.3. The molecule has 0 aromatic heterocycles. The van der Waals surface area contributed by atoms with E-state index in [1.807, 2.05) is 0 Å². The van der Waals surface area contributed by atoms with E-state index in [4.69, 9.17) is 19.3 Å². The maximum absolute atomic E-state index is 9.75. The molecule has 0 aromatic carbocycles. The van der Waals surface area contributed by atoms with Gasteiger partial charge in [0.1, 0.15) is 24.4 Å². The van der Waals surface area contributed by atoms with Crippen molar-refractivity contribution in [3.63, 3.8) is 0 Å². The largest absolute Gasteiger partial charge is 0.394 e. The van der Waals surface area contributed by atoms with Gasteiger partial charge in [-0.2, -0.15) is 0 Å². The standard InChI is InChI=1S/C9H16O5/c1-9(2)12-4-6-8(14-9)7(11)5(3-10)13-6/h5-8,10-11H,3-4H2,1-2H3/t5?,6-,7+,8+/m0/s1. The summed E-state index contributed by atoms with van der Waals surface area (Å²) in [6.45, 7) is 3.79. The van der Waals surface area contributed by atoms with Crippen molar-refractivity contribution in [2.45, 2.75) is 44.1 Å². The number of aliphatic hydroxyl groups excluding tert-OH is 2. The van der Waals surface area contributed by atoms with Crippen molar-refractivity contribution in [1.29, 1.82) is 0 Å². The SMILES string of the molecule is CC1(C)OC[C@@H]2OC(CO)[C@@H](O)[C@@H]2O1. The average Bonchev–Trinajstić information content (AvgIpc) is 2.42. The molecule has 0 saturated carbocycles. The zero-order chi connectivity index (χ0) is 10.3. The number of aliphatic hydroxyl groups is 2. The third kappa shape index (κ3) is 1.66. The Labute approximate surface area is 82.6 Å². The van der Waals surface area contributed by atoms with E-state index in [1.165, 1.54) is 0 Å². The molecular weight excluding hydrogens is 188 g/mol. The molecule has 0 aliphatic carbocycles. The van der Waals surface area contributed by atoms with Gasteiger partial charge in [0, 0.05) is 0 Å². The third-order valence-electron chi connectivity index (χ3n) is 2.63. The minimum Gasteiger partial charge on any atom is -0.394 e. The lowest BCUT2D eigenvalue weighted by Crippen LogP contribution is -2.50. The summed E-state index contributed by atoms with van der Waals surface area (Å²) in [5, 5.41) is 18.7. The fourth-order valence-electron chi connectivity index (χ4n) is 1.89. The minimum atomic E-state index is -0.770. The van der Waals surface area contributed by atoms with Crippen molar-refractivity contribution < 1.29 is 24.4 Å². The normalized spacial score (nSPS) is 46.3. The van der Waals surface area contributed by atoms with Crippen LogP contribution in [-0.4, -0.2) is 53.6 Å². The highest BCUT2D eigenvalue weighted by Gasteiger charge is 2.49. The lowest BCUT2D eigenvalue weighted by molar-refractivity contribution is -0.300. The quantitative estimate of drug-likeness (QED) is 0.588. The highest BCUT2D eigenvalue weighted by atomic mass is 16.7. The van der Waals surface area contributed by atoms with Gasteiger partial charge in [0.15, 0.2) is 5.79 Å². The highest BCUT2D eigenvalue weighted by Crippen LogP contribution is 2.32. The van der Waals surface area contributed by atoms with Crippen LogP contribution in [-0.2, 0) is 14.2 Å². The lowest BCUT2D eigenvalue weighted by Gasteiger charge is -2.37. The Kier molecular flexibility index (Phi) is 2.53. The zero-order valence-electron chi connectivity index (χ0n) is 8.34. The van der Waals surface area contributed by atoms with E-state index < -0.39 is 24.1 Å². The topological polar surface area (TPSA) is 68.2 Å². The summed E-state index contributed by atoms with van der Waals surface area (Å²) in [5.74, 6) is -0.685. The van der Waals surface area contributed by atoms with Gasteiger partial charge in [0.25, 0.3) is 0 Å². The van der Waals surface area contributed by atoms with Crippen molar-refractivity contribution in [1.82, 2.24) is 0 Å². The van der Waals surface area contributed by atoms with E-state index in [9.17, 15) is 5.11 Å². The van der Waals surface area contributed by atoms with Gasteiger partial charge in [-0.1, -0.05) is 0 Å². The Morgan fingerprint density at radius 2 is 2.14 bits per heavy atom. The minimum absolute atomic E-state index is 0.196. The van der Waals surface area contributed by atoms with Gasteiger partial charge in [0.2, 0.25) is 0 Å². The number of hydrogen-bond donors (Lipinski definition) is 2. The molecule has 2 aliphatic rings. The van der Waals surface area contributed by atoms with Gasteiger partial charge in [0.05, 0.1) is 13.2 Å². The molecule has 82 valence electrons. The molecular formula is C9H16O5. The first kappa shape index (κ1) is 10.3. The van der Waals surface area contributed by atoms with Gasteiger partial charge in [-0.25, -0.2) is 0 Å². The number of fused-ring (bicyclic) bond motifs is 1. The molecule has 14 heavy (non-hydrogen) atoms. The molecule has 2 N–H and O–H groups in total. The van der Waals surface area contributed by atoms with E-state index in [2.05, 4.69) is 0 Å². The summed E-state index contributed by atoms with van der Waals surface area (Å²) in [5.41, 5.74) is 0. The number of rotatable bonds is 1. The molecule has 4 atom stereocenters. The van der Waals surface area contributed by atoms with E-state index in [1.54, 1.807) is 13.8 Å². The predicted molar refractivity (Wildman–Crippen MR) is 46.7 cm³/mol. The van der Waals surface area contributed by atoms with E-state index >= 15 is 0 Å².